The van der Waals surface area contributed by atoms with E-state index >= 15 is 0 Å². The van der Waals surface area contributed by atoms with Crippen LogP contribution in [0, 0.1) is 0 Å². The van der Waals surface area contributed by atoms with Crippen LogP contribution in [0.3, 0.4) is 0 Å². The number of aromatic nitrogens is 6. The summed E-state index contributed by atoms with van der Waals surface area (Å²) >= 11 is 1.73. The number of carbonyl (C=O) groups excluding carboxylic acids is 1. The number of fused-ring (bicyclic) bond motifs is 2. The van der Waals surface area contributed by atoms with E-state index in [-0.39, 0.29) is 18.5 Å². The van der Waals surface area contributed by atoms with E-state index in [1.807, 2.05) is 45.9 Å². The Morgan fingerprint density at radius 2 is 1.94 bits per heavy atom. The highest BCUT2D eigenvalue weighted by atomic mass is 32.1. The molecule has 0 bridgehead atoms. The molecule has 1 saturated heterocycles. The number of rotatable bonds is 5. The zero-order valence-corrected chi connectivity index (χ0v) is 21.4. The molecule has 10 heteroatoms. The Balaban J connectivity index is 1.24. The SMILES string of the molecule is CC(C)c1nc(-c2nc3ccccc3[nH]2)c(N2CCN(C(=O)Cn3cnc4cccnc43)[C@H](C)C2)s1. The normalized spacial score (nSPS) is 16.5. The molecule has 5 aromatic rings. The van der Waals surface area contributed by atoms with Crippen molar-refractivity contribution < 1.29 is 4.79 Å². The average molecular weight is 501 g/mol. The molecule has 5 heterocycles. The summed E-state index contributed by atoms with van der Waals surface area (Å²) in [4.78, 5) is 39.6. The maximum atomic E-state index is 13.3. The van der Waals surface area contributed by atoms with Crippen molar-refractivity contribution in [3.05, 3.63) is 53.9 Å². The van der Waals surface area contributed by atoms with Crippen molar-refractivity contribution in [1.82, 2.24) is 34.4 Å². The number of para-hydroxylation sites is 2. The lowest BCUT2D eigenvalue weighted by molar-refractivity contribution is -0.134. The minimum atomic E-state index is 0.0575. The van der Waals surface area contributed by atoms with Crippen LogP contribution in [0.4, 0.5) is 5.00 Å². The number of anilines is 1. The van der Waals surface area contributed by atoms with Gasteiger partial charge in [0.2, 0.25) is 5.91 Å². The van der Waals surface area contributed by atoms with Crippen molar-refractivity contribution in [2.75, 3.05) is 24.5 Å². The van der Waals surface area contributed by atoms with Crippen LogP contribution >= 0.6 is 11.3 Å². The van der Waals surface area contributed by atoms with Gasteiger partial charge >= 0.3 is 0 Å². The fourth-order valence-corrected chi connectivity index (χ4v) is 5.88. The van der Waals surface area contributed by atoms with Crippen LogP contribution in [0.1, 0.15) is 31.7 Å². The first kappa shape index (κ1) is 22.7. The van der Waals surface area contributed by atoms with Gasteiger partial charge in [0.05, 0.1) is 22.4 Å². The van der Waals surface area contributed by atoms with Crippen LogP contribution in [0.5, 0.6) is 0 Å². The maximum Gasteiger partial charge on any atom is 0.242 e. The van der Waals surface area contributed by atoms with Gasteiger partial charge in [0, 0.05) is 37.8 Å². The number of aromatic amines is 1. The van der Waals surface area contributed by atoms with Gasteiger partial charge in [0.15, 0.2) is 11.5 Å². The second-order valence-corrected chi connectivity index (χ2v) is 10.6. The molecule has 0 radical (unpaired) electrons. The van der Waals surface area contributed by atoms with Crippen LogP contribution in [0.2, 0.25) is 0 Å². The molecule has 0 saturated carbocycles. The number of imidazole rings is 2. The number of piperazine rings is 1. The van der Waals surface area contributed by atoms with E-state index in [0.717, 1.165) is 56.8 Å². The van der Waals surface area contributed by atoms with Crippen molar-refractivity contribution in [2.45, 2.75) is 39.3 Å². The second kappa shape index (κ2) is 9.02. The first-order valence-electron chi connectivity index (χ1n) is 12.2. The molecule has 1 aliphatic heterocycles. The molecule has 1 amide bonds. The molecule has 0 unspecified atom stereocenters. The topological polar surface area (TPSA) is 95.8 Å². The monoisotopic (exact) mass is 500 g/mol. The minimum Gasteiger partial charge on any atom is -0.358 e. The van der Waals surface area contributed by atoms with Gasteiger partial charge in [-0.05, 0) is 31.2 Å². The number of amides is 1. The lowest BCUT2D eigenvalue weighted by atomic mass is 10.2. The van der Waals surface area contributed by atoms with E-state index in [0.29, 0.717) is 12.5 Å². The first-order chi connectivity index (χ1) is 17.5. The third-order valence-electron chi connectivity index (χ3n) is 6.65. The van der Waals surface area contributed by atoms with Crippen molar-refractivity contribution in [1.29, 1.82) is 0 Å². The van der Waals surface area contributed by atoms with Gasteiger partial charge < -0.3 is 19.4 Å². The number of pyridine rings is 1. The Labute approximate surface area is 212 Å². The average Bonchev–Trinajstić information content (AvgIpc) is 3.60. The third kappa shape index (κ3) is 4.01. The van der Waals surface area contributed by atoms with E-state index in [9.17, 15) is 4.79 Å². The minimum absolute atomic E-state index is 0.0575. The fourth-order valence-electron chi connectivity index (χ4n) is 4.77. The van der Waals surface area contributed by atoms with E-state index in [2.05, 4.69) is 40.6 Å². The van der Waals surface area contributed by atoms with Gasteiger partial charge in [-0.25, -0.2) is 19.9 Å². The van der Waals surface area contributed by atoms with Gasteiger partial charge in [-0.3, -0.25) is 4.79 Å². The van der Waals surface area contributed by atoms with E-state index in [1.165, 1.54) is 0 Å². The van der Waals surface area contributed by atoms with Gasteiger partial charge in [0.1, 0.15) is 22.8 Å². The van der Waals surface area contributed by atoms with Crippen LogP contribution < -0.4 is 4.90 Å². The molecule has 9 nitrogen and oxygen atoms in total. The molecular weight excluding hydrogens is 472 g/mol. The standard InChI is InChI=1S/C26H28N8OS/c1-16(2)25-31-22(23-29-18-7-4-5-8-19(18)30-23)26(36-25)32-11-12-34(17(3)13-32)21(35)14-33-15-28-20-9-6-10-27-24(20)33/h4-10,15-17H,11-14H2,1-3H3,(H,29,30)/t17-/m1/s1. The van der Waals surface area contributed by atoms with Gasteiger partial charge in [-0.1, -0.05) is 26.0 Å². The predicted molar refractivity (Wildman–Crippen MR) is 142 cm³/mol. The molecule has 6 rings (SSSR count). The molecule has 36 heavy (non-hydrogen) atoms. The predicted octanol–water partition coefficient (Wildman–Crippen LogP) is 4.29. The van der Waals surface area contributed by atoms with Gasteiger partial charge in [-0.15, -0.1) is 11.3 Å². The molecule has 1 fully saturated rings. The Morgan fingerprint density at radius 1 is 1.11 bits per heavy atom. The van der Waals surface area contributed by atoms with Crippen molar-refractivity contribution in [3.63, 3.8) is 0 Å². The molecule has 1 N–H and O–H groups in total. The second-order valence-electron chi connectivity index (χ2n) is 9.56. The van der Waals surface area contributed by atoms with Crippen LogP contribution in [0.15, 0.2) is 48.9 Å². The van der Waals surface area contributed by atoms with Gasteiger partial charge in [-0.2, -0.15) is 0 Å². The number of hydrogen-bond acceptors (Lipinski definition) is 7. The fraction of sp³-hybridized carbons (Fsp3) is 0.346. The van der Waals surface area contributed by atoms with E-state index in [1.54, 1.807) is 23.9 Å². The Hall–Kier alpha value is -3.79. The molecule has 184 valence electrons. The van der Waals surface area contributed by atoms with Crippen LogP contribution in [0.25, 0.3) is 33.7 Å². The lowest BCUT2D eigenvalue weighted by Gasteiger charge is -2.40. The quantitative estimate of drug-likeness (QED) is 0.387. The number of thiazole rings is 1. The van der Waals surface area contributed by atoms with Crippen molar-refractivity contribution >= 4 is 44.4 Å². The summed E-state index contributed by atoms with van der Waals surface area (Å²) in [5.74, 6) is 1.20. The first-order valence-corrected chi connectivity index (χ1v) is 13.1. The van der Waals surface area contributed by atoms with E-state index < -0.39 is 0 Å². The highest BCUT2D eigenvalue weighted by Crippen LogP contribution is 2.39. The highest BCUT2D eigenvalue weighted by molar-refractivity contribution is 7.16. The molecular formula is C26H28N8OS. The Kier molecular flexibility index (Phi) is 5.67. The molecule has 1 aliphatic rings. The van der Waals surface area contributed by atoms with Crippen molar-refractivity contribution in [2.24, 2.45) is 0 Å². The molecule has 0 spiro atoms. The molecule has 4 aromatic heterocycles. The third-order valence-corrected chi connectivity index (χ3v) is 8.07. The highest BCUT2D eigenvalue weighted by Gasteiger charge is 2.31. The molecule has 1 aromatic carbocycles. The Morgan fingerprint density at radius 3 is 2.75 bits per heavy atom. The van der Waals surface area contributed by atoms with Crippen molar-refractivity contribution in [3.8, 4) is 11.5 Å². The summed E-state index contributed by atoms with van der Waals surface area (Å²) in [6.07, 6.45) is 3.42. The number of nitrogens with zero attached hydrogens (tertiary/aromatic N) is 7. The van der Waals surface area contributed by atoms with Crippen LogP contribution in [-0.4, -0.2) is 66.0 Å². The number of carbonyl (C=O) groups is 1. The summed E-state index contributed by atoms with van der Waals surface area (Å²) in [6, 6.07) is 11.9. The summed E-state index contributed by atoms with van der Waals surface area (Å²) in [6.45, 7) is 8.81. The van der Waals surface area contributed by atoms with Gasteiger partial charge in [0.25, 0.3) is 0 Å². The maximum absolute atomic E-state index is 13.3. The molecule has 1 atom stereocenters. The number of benzene rings is 1. The smallest absolute Gasteiger partial charge is 0.242 e. The summed E-state index contributed by atoms with van der Waals surface area (Å²) in [5.41, 5.74) is 4.36. The molecule has 0 aliphatic carbocycles. The lowest BCUT2D eigenvalue weighted by Crippen LogP contribution is -2.54. The zero-order chi connectivity index (χ0) is 24.8. The van der Waals surface area contributed by atoms with E-state index in [4.69, 9.17) is 9.97 Å². The largest absolute Gasteiger partial charge is 0.358 e. The van der Waals surface area contributed by atoms with Crippen LogP contribution in [-0.2, 0) is 11.3 Å². The number of nitrogens with one attached hydrogen (secondary N) is 1. The number of H-pyrrole nitrogens is 1. The summed E-state index contributed by atoms with van der Waals surface area (Å²) in [5, 5.41) is 2.20. The Bertz CT molecular complexity index is 1520. The summed E-state index contributed by atoms with van der Waals surface area (Å²) in [7, 11) is 0. The number of hydrogen-bond donors (Lipinski definition) is 1. The summed E-state index contributed by atoms with van der Waals surface area (Å²) < 4.78 is 1.83. The zero-order valence-electron chi connectivity index (χ0n) is 20.5.